The molecule has 2 fully saturated rings. The number of amides is 3. The van der Waals surface area contributed by atoms with Gasteiger partial charge in [0, 0.05) is 57.5 Å². The van der Waals surface area contributed by atoms with Gasteiger partial charge in [-0.05, 0) is 37.5 Å². The van der Waals surface area contributed by atoms with E-state index in [0.29, 0.717) is 38.4 Å². The number of nitrogens with zero attached hydrogens (tertiary/aromatic N) is 5. The average Bonchev–Trinajstić information content (AvgIpc) is 3.26. The van der Waals surface area contributed by atoms with E-state index in [1.807, 2.05) is 61.5 Å². The molecule has 1 N–H and O–H groups in total. The van der Waals surface area contributed by atoms with E-state index >= 15 is 0 Å². The second-order valence-corrected chi connectivity index (χ2v) is 11.1. The number of benzene rings is 2. The SMILES string of the molecule is C[C@@H](c1ccc(-c2cnc(N3CCN(C)C3=O)nc2)cc1)N1CC[C@](CC(C)(C)O)(c2ccccc2)OC1=O. The lowest BCUT2D eigenvalue weighted by molar-refractivity contribution is -0.101. The molecule has 5 rings (SSSR count). The van der Waals surface area contributed by atoms with Gasteiger partial charge in [0.2, 0.25) is 5.95 Å². The van der Waals surface area contributed by atoms with Crippen molar-refractivity contribution in [1.82, 2.24) is 19.8 Å². The molecule has 3 aromatic rings. The Labute approximate surface area is 229 Å². The van der Waals surface area contributed by atoms with Crippen molar-refractivity contribution >= 4 is 18.1 Å². The Hall–Kier alpha value is -3.98. The Morgan fingerprint density at radius 2 is 1.64 bits per heavy atom. The highest BCUT2D eigenvalue weighted by Crippen LogP contribution is 2.42. The van der Waals surface area contributed by atoms with E-state index in [1.54, 1.807) is 48.0 Å². The summed E-state index contributed by atoms with van der Waals surface area (Å²) in [5.74, 6) is 0.401. The molecule has 1 aromatic heterocycles. The van der Waals surface area contributed by atoms with E-state index in [0.717, 1.165) is 22.3 Å². The van der Waals surface area contributed by atoms with Crippen molar-refractivity contribution in [3.05, 3.63) is 78.1 Å². The topological polar surface area (TPSA) is 99.1 Å². The predicted octanol–water partition coefficient (Wildman–Crippen LogP) is 4.98. The summed E-state index contributed by atoms with van der Waals surface area (Å²) >= 11 is 0. The zero-order chi connectivity index (χ0) is 27.8. The minimum Gasteiger partial charge on any atom is -0.438 e. The Morgan fingerprint density at radius 3 is 2.21 bits per heavy atom. The van der Waals surface area contributed by atoms with Crippen molar-refractivity contribution in [2.75, 3.05) is 31.6 Å². The molecule has 0 spiro atoms. The quantitative estimate of drug-likeness (QED) is 0.464. The Bertz CT molecular complexity index is 1320. The Morgan fingerprint density at radius 1 is 0.974 bits per heavy atom. The first-order valence-electron chi connectivity index (χ1n) is 13.3. The first-order valence-corrected chi connectivity index (χ1v) is 13.3. The lowest BCUT2D eigenvalue weighted by atomic mass is 9.80. The predicted molar refractivity (Wildman–Crippen MR) is 148 cm³/mol. The summed E-state index contributed by atoms with van der Waals surface area (Å²) in [4.78, 5) is 39.3. The highest BCUT2D eigenvalue weighted by molar-refractivity contribution is 5.92. The van der Waals surface area contributed by atoms with E-state index in [4.69, 9.17) is 4.74 Å². The van der Waals surface area contributed by atoms with Gasteiger partial charge < -0.3 is 19.6 Å². The molecule has 0 saturated carbocycles. The van der Waals surface area contributed by atoms with Gasteiger partial charge in [0.25, 0.3) is 0 Å². The molecule has 9 heteroatoms. The normalized spacial score (nSPS) is 20.8. The van der Waals surface area contributed by atoms with Crippen LogP contribution in [-0.2, 0) is 10.3 Å². The number of carbonyl (C=O) groups is 2. The number of likely N-dealkylation sites (N-methyl/N-ethyl adjacent to an activating group) is 1. The van der Waals surface area contributed by atoms with E-state index in [-0.39, 0.29) is 12.1 Å². The van der Waals surface area contributed by atoms with E-state index in [1.165, 1.54) is 0 Å². The number of aromatic nitrogens is 2. The molecule has 0 aliphatic carbocycles. The van der Waals surface area contributed by atoms with Crippen LogP contribution in [0.5, 0.6) is 0 Å². The van der Waals surface area contributed by atoms with Gasteiger partial charge in [0.1, 0.15) is 5.60 Å². The fraction of sp³-hybridized carbons (Fsp3) is 0.400. The second kappa shape index (κ2) is 10.3. The van der Waals surface area contributed by atoms with Gasteiger partial charge in [0.05, 0.1) is 11.6 Å². The van der Waals surface area contributed by atoms with Crippen LogP contribution in [0.3, 0.4) is 0 Å². The summed E-state index contributed by atoms with van der Waals surface area (Å²) in [6.07, 6.45) is 3.95. The molecule has 3 heterocycles. The first kappa shape index (κ1) is 26.6. The van der Waals surface area contributed by atoms with E-state index in [9.17, 15) is 14.7 Å². The molecule has 39 heavy (non-hydrogen) atoms. The summed E-state index contributed by atoms with van der Waals surface area (Å²) in [5, 5.41) is 10.6. The van der Waals surface area contributed by atoms with Crippen LogP contribution < -0.4 is 4.90 Å². The third-order valence-electron chi connectivity index (χ3n) is 7.58. The van der Waals surface area contributed by atoms with Crippen LogP contribution in [0, 0.1) is 0 Å². The van der Waals surface area contributed by atoms with Gasteiger partial charge in [-0.2, -0.15) is 0 Å². The zero-order valence-corrected chi connectivity index (χ0v) is 22.9. The monoisotopic (exact) mass is 529 g/mol. The van der Waals surface area contributed by atoms with Gasteiger partial charge in [-0.25, -0.2) is 19.6 Å². The molecule has 0 radical (unpaired) electrons. The molecular weight excluding hydrogens is 494 g/mol. The standard InChI is InChI=1S/C30H35N5O4/c1-21(34-15-14-30(39-28(34)37,20-29(2,3)38)25-8-6-5-7-9-25)22-10-12-23(13-11-22)24-18-31-26(32-19-24)35-17-16-33(4)27(35)36/h5-13,18-19,21,38H,14-17,20H2,1-4H3/t21-,30-/m0/s1. The number of carbonyl (C=O) groups excluding carboxylic acids is 2. The smallest absolute Gasteiger partial charge is 0.411 e. The summed E-state index contributed by atoms with van der Waals surface area (Å²) in [5.41, 5.74) is 1.78. The number of cyclic esters (lactones) is 1. The van der Waals surface area contributed by atoms with Crippen molar-refractivity contribution < 1.29 is 19.4 Å². The number of ether oxygens (including phenoxy) is 1. The van der Waals surface area contributed by atoms with Crippen LogP contribution in [-0.4, -0.2) is 69.3 Å². The van der Waals surface area contributed by atoms with Gasteiger partial charge in [-0.15, -0.1) is 0 Å². The maximum Gasteiger partial charge on any atom is 0.411 e. The molecule has 2 aliphatic heterocycles. The maximum absolute atomic E-state index is 13.3. The van der Waals surface area contributed by atoms with E-state index < -0.39 is 17.3 Å². The zero-order valence-electron chi connectivity index (χ0n) is 22.9. The fourth-order valence-electron chi connectivity index (χ4n) is 5.47. The van der Waals surface area contributed by atoms with Crippen LogP contribution in [0.15, 0.2) is 67.0 Å². The van der Waals surface area contributed by atoms with Crippen LogP contribution >= 0.6 is 0 Å². The summed E-state index contributed by atoms with van der Waals surface area (Å²) in [6, 6.07) is 17.3. The van der Waals surface area contributed by atoms with Crippen molar-refractivity contribution in [2.45, 2.75) is 50.9 Å². The van der Waals surface area contributed by atoms with Crippen molar-refractivity contribution in [3.63, 3.8) is 0 Å². The molecule has 204 valence electrons. The van der Waals surface area contributed by atoms with Gasteiger partial charge in [-0.3, -0.25) is 4.90 Å². The molecule has 2 atom stereocenters. The van der Waals surface area contributed by atoms with Crippen molar-refractivity contribution in [1.29, 1.82) is 0 Å². The number of hydrogen-bond donors (Lipinski definition) is 1. The third-order valence-corrected chi connectivity index (χ3v) is 7.58. The highest BCUT2D eigenvalue weighted by Gasteiger charge is 2.46. The molecule has 2 aromatic carbocycles. The number of hydrogen-bond acceptors (Lipinski definition) is 6. The Balaban J connectivity index is 1.29. The van der Waals surface area contributed by atoms with Gasteiger partial charge in [-0.1, -0.05) is 54.6 Å². The minimum atomic E-state index is -0.998. The molecule has 2 aliphatic rings. The summed E-state index contributed by atoms with van der Waals surface area (Å²) in [7, 11) is 1.76. The molecule has 3 amide bonds. The van der Waals surface area contributed by atoms with Gasteiger partial charge in [0.15, 0.2) is 0 Å². The lowest BCUT2D eigenvalue weighted by Gasteiger charge is -2.45. The number of aliphatic hydroxyl groups is 1. The van der Waals surface area contributed by atoms with E-state index in [2.05, 4.69) is 9.97 Å². The largest absolute Gasteiger partial charge is 0.438 e. The first-order chi connectivity index (χ1) is 18.6. The lowest BCUT2D eigenvalue weighted by Crippen LogP contribution is -2.51. The summed E-state index contributed by atoms with van der Waals surface area (Å²) < 4.78 is 6.13. The molecule has 0 bridgehead atoms. The molecule has 9 nitrogen and oxygen atoms in total. The minimum absolute atomic E-state index is 0.0987. The number of urea groups is 1. The average molecular weight is 530 g/mol. The van der Waals surface area contributed by atoms with Crippen LogP contribution in [0.4, 0.5) is 15.5 Å². The fourth-order valence-corrected chi connectivity index (χ4v) is 5.47. The molecule has 0 unspecified atom stereocenters. The van der Waals surface area contributed by atoms with Crippen molar-refractivity contribution in [2.24, 2.45) is 0 Å². The Kier molecular flexibility index (Phi) is 7.03. The van der Waals surface area contributed by atoms with Crippen molar-refractivity contribution in [3.8, 4) is 11.1 Å². The highest BCUT2D eigenvalue weighted by atomic mass is 16.6. The maximum atomic E-state index is 13.3. The molecular formula is C30H35N5O4. The number of anilines is 1. The van der Waals surface area contributed by atoms with Crippen LogP contribution in [0.1, 0.15) is 50.8 Å². The van der Waals surface area contributed by atoms with Crippen LogP contribution in [0.2, 0.25) is 0 Å². The second-order valence-electron chi connectivity index (χ2n) is 11.1. The number of rotatable bonds is 7. The molecule has 2 saturated heterocycles. The third kappa shape index (κ3) is 5.45. The van der Waals surface area contributed by atoms with Crippen LogP contribution in [0.25, 0.3) is 11.1 Å². The van der Waals surface area contributed by atoms with Gasteiger partial charge >= 0.3 is 12.1 Å². The summed E-state index contributed by atoms with van der Waals surface area (Å²) in [6.45, 7) is 7.21.